The summed E-state index contributed by atoms with van der Waals surface area (Å²) in [5.41, 5.74) is 0. The molecule has 1 aliphatic rings. The standard InChI is InChI=1S/C7H12OS2.Pd/c9-7(10)8-6-4-2-1-3-5-6;/h6H,1-5H2,(H,9,10);. The average Bonchev–Trinajstić information content (AvgIpc) is 1.88. The molecular weight excluding hydrogens is 271 g/mol. The van der Waals surface area contributed by atoms with Crippen molar-refractivity contribution in [1.82, 2.24) is 0 Å². The Hall–Kier alpha value is 0.902. The molecule has 1 fully saturated rings. The van der Waals surface area contributed by atoms with Crippen LogP contribution in [-0.2, 0) is 25.2 Å². The van der Waals surface area contributed by atoms with Crippen LogP contribution >= 0.6 is 24.8 Å². The molecule has 4 heteroatoms. The predicted molar refractivity (Wildman–Crippen MR) is 49.5 cm³/mol. The van der Waals surface area contributed by atoms with Gasteiger partial charge in [-0.05, 0) is 37.9 Å². The smallest absolute Gasteiger partial charge is 0.217 e. The Morgan fingerprint density at radius 2 is 1.82 bits per heavy atom. The zero-order valence-corrected chi connectivity index (χ0v) is 9.46. The summed E-state index contributed by atoms with van der Waals surface area (Å²) >= 11 is 8.64. The van der Waals surface area contributed by atoms with E-state index in [4.69, 9.17) is 17.0 Å². The molecular formula is C7H12OPdS2. The van der Waals surface area contributed by atoms with Gasteiger partial charge in [-0.1, -0.05) is 19.0 Å². The third-order valence-electron chi connectivity index (χ3n) is 1.82. The number of hydrogen-bond acceptors (Lipinski definition) is 2. The van der Waals surface area contributed by atoms with Crippen LogP contribution in [0.1, 0.15) is 32.1 Å². The third kappa shape index (κ3) is 5.19. The van der Waals surface area contributed by atoms with E-state index in [9.17, 15) is 0 Å². The van der Waals surface area contributed by atoms with E-state index >= 15 is 0 Å². The van der Waals surface area contributed by atoms with E-state index in [1.165, 1.54) is 19.3 Å². The average molecular weight is 283 g/mol. The van der Waals surface area contributed by atoms with Gasteiger partial charge in [-0.2, -0.15) is 0 Å². The second-order valence-electron chi connectivity index (χ2n) is 2.64. The molecule has 0 bridgehead atoms. The Kier molecular flexibility index (Phi) is 6.95. The maximum atomic E-state index is 5.29. The van der Waals surface area contributed by atoms with Crippen molar-refractivity contribution in [3.63, 3.8) is 0 Å². The quantitative estimate of drug-likeness (QED) is 0.450. The van der Waals surface area contributed by atoms with Crippen LogP contribution in [-0.4, -0.2) is 10.5 Å². The normalized spacial score (nSPS) is 18.6. The summed E-state index contributed by atoms with van der Waals surface area (Å²) in [6.07, 6.45) is 6.57. The summed E-state index contributed by atoms with van der Waals surface area (Å²) in [7, 11) is 0. The van der Waals surface area contributed by atoms with Gasteiger partial charge in [0.05, 0.1) is 0 Å². The molecule has 11 heavy (non-hydrogen) atoms. The van der Waals surface area contributed by atoms with E-state index in [2.05, 4.69) is 12.6 Å². The van der Waals surface area contributed by atoms with Crippen molar-refractivity contribution in [1.29, 1.82) is 0 Å². The maximum Gasteiger partial charge on any atom is 0.217 e. The number of thiocarbonyl (C=S) groups is 1. The van der Waals surface area contributed by atoms with Crippen LogP contribution in [0.2, 0.25) is 0 Å². The van der Waals surface area contributed by atoms with Gasteiger partial charge in [0.2, 0.25) is 4.38 Å². The van der Waals surface area contributed by atoms with Crippen LogP contribution in [0.15, 0.2) is 0 Å². The minimum Gasteiger partial charge on any atom is -0.475 e. The Bertz CT molecular complexity index is 124. The summed E-state index contributed by atoms with van der Waals surface area (Å²) in [6, 6.07) is 0. The largest absolute Gasteiger partial charge is 0.475 e. The molecule has 0 aromatic heterocycles. The first-order valence-corrected chi connectivity index (χ1v) is 4.54. The predicted octanol–water partition coefficient (Wildman–Crippen LogP) is 2.55. The molecule has 0 saturated heterocycles. The van der Waals surface area contributed by atoms with Crippen LogP contribution in [0.25, 0.3) is 0 Å². The van der Waals surface area contributed by atoms with Gasteiger partial charge in [-0.25, -0.2) is 0 Å². The Balaban J connectivity index is 0.000001000. The van der Waals surface area contributed by atoms with Gasteiger partial charge in [-0.3, -0.25) is 0 Å². The SMILES string of the molecule is S=C(S)OC1CCCCC1.[Pd]. The van der Waals surface area contributed by atoms with Crippen LogP contribution in [0.3, 0.4) is 0 Å². The molecule has 1 rings (SSSR count). The fraction of sp³-hybridized carbons (Fsp3) is 0.857. The van der Waals surface area contributed by atoms with E-state index in [1.807, 2.05) is 0 Å². The van der Waals surface area contributed by atoms with Crippen LogP contribution < -0.4 is 0 Å². The van der Waals surface area contributed by atoms with E-state index in [0.717, 1.165) is 12.8 Å². The molecule has 0 radical (unpaired) electrons. The molecule has 1 aliphatic carbocycles. The number of thiol groups is 1. The molecule has 0 heterocycles. The maximum absolute atomic E-state index is 5.29. The van der Waals surface area contributed by atoms with E-state index in [-0.39, 0.29) is 20.4 Å². The Labute approximate surface area is 92.3 Å². The van der Waals surface area contributed by atoms with Crippen molar-refractivity contribution >= 4 is 29.2 Å². The third-order valence-corrected chi connectivity index (χ3v) is 2.02. The topological polar surface area (TPSA) is 9.23 Å². The second-order valence-corrected chi connectivity index (χ2v) is 3.72. The van der Waals surface area contributed by atoms with Crippen LogP contribution in [0, 0.1) is 0 Å². The molecule has 68 valence electrons. The fourth-order valence-corrected chi connectivity index (χ4v) is 1.61. The summed E-state index contributed by atoms with van der Waals surface area (Å²) in [4.78, 5) is 0. The fourth-order valence-electron chi connectivity index (χ4n) is 1.33. The molecule has 1 saturated carbocycles. The van der Waals surface area contributed by atoms with Crippen molar-refractivity contribution in [2.45, 2.75) is 38.2 Å². The van der Waals surface area contributed by atoms with E-state index < -0.39 is 0 Å². The molecule has 0 aliphatic heterocycles. The van der Waals surface area contributed by atoms with E-state index in [0.29, 0.717) is 10.5 Å². The minimum absolute atomic E-state index is 0. The summed E-state index contributed by atoms with van der Waals surface area (Å²) in [5, 5.41) is 0. The first kappa shape index (κ1) is 11.9. The van der Waals surface area contributed by atoms with Crippen molar-refractivity contribution in [2.24, 2.45) is 0 Å². The Morgan fingerprint density at radius 3 is 2.27 bits per heavy atom. The number of rotatable bonds is 1. The minimum atomic E-state index is 0. The summed E-state index contributed by atoms with van der Waals surface area (Å²) in [6.45, 7) is 0. The number of ether oxygens (including phenoxy) is 1. The van der Waals surface area contributed by atoms with Gasteiger partial charge < -0.3 is 4.74 Å². The molecule has 0 spiro atoms. The van der Waals surface area contributed by atoms with Crippen molar-refractivity contribution in [3.8, 4) is 0 Å². The van der Waals surface area contributed by atoms with Crippen molar-refractivity contribution in [3.05, 3.63) is 0 Å². The van der Waals surface area contributed by atoms with Gasteiger partial charge >= 0.3 is 0 Å². The van der Waals surface area contributed by atoms with Gasteiger partial charge in [0.15, 0.2) is 0 Å². The molecule has 1 nitrogen and oxygen atoms in total. The van der Waals surface area contributed by atoms with Crippen molar-refractivity contribution < 1.29 is 25.2 Å². The van der Waals surface area contributed by atoms with Crippen LogP contribution in [0.4, 0.5) is 0 Å². The van der Waals surface area contributed by atoms with Crippen molar-refractivity contribution in [2.75, 3.05) is 0 Å². The second kappa shape index (κ2) is 6.42. The molecule has 0 unspecified atom stereocenters. The monoisotopic (exact) mass is 282 g/mol. The first-order valence-electron chi connectivity index (χ1n) is 3.68. The van der Waals surface area contributed by atoms with Gasteiger partial charge in [0.25, 0.3) is 0 Å². The molecule has 0 N–H and O–H groups in total. The van der Waals surface area contributed by atoms with Gasteiger partial charge in [0.1, 0.15) is 6.10 Å². The van der Waals surface area contributed by atoms with E-state index in [1.54, 1.807) is 0 Å². The zero-order valence-electron chi connectivity index (χ0n) is 6.19. The molecule has 0 aromatic rings. The summed E-state index contributed by atoms with van der Waals surface area (Å²) < 4.78 is 5.68. The Morgan fingerprint density at radius 1 is 1.27 bits per heavy atom. The molecule has 0 amide bonds. The van der Waals surface area contributed by atoms with Crippen LogP contribution in [0.5, 0.6) is 0 Å². The first-order chi connectivity index (χ1) is 4.79. The molecule has 0 aromatic carbocycles. The zero-order chi connectivity index (χ0) is 7.40. The van der Waals surface area contributed by atoms with Gasteiger partial charge in [0, 0.05) is 20.4 Å². The molecule has 0 atom stereocenters. The number of hydrogen-bond donors (Lipinski definition) is 1. The summed E-state index contributed by atoms with van der Waals surface area (Å²) in [5.74, 6) is 0. The van der Waals surface area contributed by atoms with Gasteiger partial charge in [-0.15, -0.1) is 0 Å².